The summed E-state index contributed by atoms with van der Waals surface area (Å²) in [7, 11) is 3.54. The van der Waals surface area contributed by atoms with Gasteiger partial charge in [-0.05, 0) is 30.3 Å². The maximum atomic E-state index is 12.3. The molecule has 0 radical (unpaired) electrons. The molecule has 0 atom stereocenters. The molecule has 1 aliphatic heterocycles. The van der Waals surface area contributed by atoms with Crippen LogP contribution in [0.2, 0.25) is 0 Å². The lowest BCUT2D eigenvalue weighted by molar-refractivity contribution is -0.385. The average molecular weight is 445 g/mol. The van der Waals surface area contributed by atoms with Crippen molar-refractivity contribution in [2.45, 2.75) is 12.3 Å². The van der Waals surface area contributed by atoms with Crippen molar-refractivity contribution in [1.82, 2.24) is 10.2 Å². The summed E-state index contributed by atoms with van der Waals surface area (Å²) >= 11 is 1.42. The van der Waals surface area contributed by atoms with Crippen molar-refractivity contribution in [3.05, 3.63) is 63.7 Å². The third-order valence-corrected chi connectivity index (χ3v) is 6.26. The molecule has 1 N–H and O–H groups in total. The monoisotopic (exact) mass is 444 g/mol. The molecule has 0 saturated carbocycles. The summed E-state index contributed by atoms with van der Waals surface area (Å²) < 4.78 is 5.02. The van der Waals surface area contributed by atoms with Crippen molar-refractivity contribution in [3.8, 4) is 5.75 Å². The molecule has 3 rings (SSSR count). The SMILES string of the molecule is COc1ccc(CSCC(=O)NCc2ccccc2N2CCN(C)CC2)cc1[N+](=O)[O-]. The Morgan fingerprint density at radius 2 is 1.94 bits per heavy atom. The number of nitrogens with one attached hydrogen (secondary N) is 1. The van der Waals surface area contributed by atoms with E-state index in [0.29, 0.717) is 12.3 Å². The second-order valence-electron chi connectivity index (χ2n) is 7.45. The number of likely N-dealkylation sites (N-methyl/N-ethyl adjacent to an activating group) is 1. The Bertz CT molecular complexity index is 916. The number of benzene rings is 2. The molecule has 0 bridgehead atoms. The van der Waals surface area contributed by atoms with Crippen molar-refractivity contribution < 1.29 is 14.5 Å². The molecular formula is C22H28N4O4S. The van der Waals surface area contributed by atoms with Gasteiger partial charge in [0.1, 0.15) is 0 Å². The van der Waals surface area contributed by atoms with E-state index in [9.17, 15) is 14.9 Å². The zero-order valence-corrected chi connectivity index (χ0v) is 18.7. The number of anilines is 1. The smallest absolute Gasteiger partial charge is 0.311 e. The fourth-order valence-electron chi connectivity index (χ4n) is 3.49. The van der Waals surface area contributed by atoms with Gasteiger partial charge in [-0.3, -0.25) is 14.9 Å². The van der Waals surface area contributed by atoms with Gasteiger partial charge in [0.2, 0.25) is 5.91 Å². The van der Waals surface area contributed by atoms with Gasteiger partial charge in [-0.15, -0.1) is 11.8 Å². The molecule has 31 heavy (non-hydrogen) atoms. The minimum absolute atomic E-state index is 0.0545. The maximum absolute atomic E-state index is 12.3. The van der Waals surface area contributed by atoms with Gasteiger partial charge in [-0.25, -0.2) is 0 Å². The number of methoxy groups -OCH3 is 1. The van der Waals surface area contributed by atoms with Crippen LogP contribution < -0.4 is 15.0 Å². The summed E-state index contributed by atoms with van der Waals surface area (Å²) in [6.45, 7) is 4.49. The van der Waals surface area contributed by atoms with E-state index in [4.69, 9.17) is 4.74 Å². The van der Waals surface area contributed by atoms with Crippen LogP contribution in [0.1, 0.15) is 11.1 Å². The zero-order valence-electron chi connectivity index (χ0n) is 17.9. The number of nitro groups is 1. The number of thioether (sulfide) groups is 1. The maximum Gasteiger partial charge on any atom is 0.311 e. The highest BCUT2D eigenvalue weighted by molar-refractivity contribution is 7.99. The van der Waals surface area contributed by atoms with Gasteiger partial charge in [0.25, 0.3) is 0 Å². The number of nitrogens with zero attached hydrogens (tertiary/aromatic N) is 3. The van der Waals surface area contributed by atoms with Gasteiger partial charge in [-0.2, -0.15) is 0 Å². The van der Waals surface area contributed by atoms with Crippen LogP contribution in [-0.2, 0) is 17.1 Å². The van der Waals surface area contributed by atoms with Crippen molar-refractivity contribution in [1.29, 1.82) is 0 Å². The molecule has 1 saturated heterocycles. The van der Waals surface area contributed by atoms with Gasteiger partial charge >= 0.3 is 5.69 Å². The van der Waals surface area contributed by atoms with Gasteiger partial charge in [0.15, 0.2) is 5.75 Å². The predicted octanol–water partition coefficient (Wildman–Crippen LogP) is 2.90. The first-order chi connectivity index (χ1) is 15.0. The van der Waals surface area contributed by atoms with Crippen LogP contribution in [0.5, 0.6) is 5.75 Å². The number of hydrogen-bond donors (Lipinski definition) is 1. The lowest BCUT2D eigenvalue weighted by Crippen LogP contribution is -2.45. The van der Waals surface area contributed by atoms with Gasteiger partial charge in [0.05, 0.1) is 17.8 Å². The topological polar surface area (TPSA) is 88.0 Å². The number of carbonyl (C=O) groups is 1. The molecule has 166 valence electrons. The fraction of sp³-hybridized carbons (Fsp3) is 0.409. The van der Waals surface area contributed by atoms with E-state index in [1.54, 1.807) is 12.1 Å². The minimum atomic E-state index is -0.461. The minimum Gasteiger partial charge on any atom is -0.490 e. The molecule has 0 unspecified atom stereocenters. The molecule has 2 aromatic rings. The lowest BCUT2D eigenvalue weighted by Gasteiger charge is -2.35. The highest BCUT2D eigenvalue weighted by Gasteiger charge is 2.17. The second kappa shape index (κ2) is 11.0. The van der Waals surface area contributed by atoms with Crippen LogP contribution in [0.25, 0.3) is 0 Å². The van der Waals surface area contributed by atoms with Crippen molar-refractivity contribution in [2.75, 3.05) is 51.0 Å². The average Bonchev–Trinajstić information content (AvgIpc) is 2.78. The second-order valence-corrected chi connectivity index (χ2v) is 8.44. The van der Waals surface area contributed by atoms with E-state index < -0.39 is 4.92 Å². The number of rotatable bonds is 9. The molecule has 1 fully saturated rings. The molecule has 0 aliphatic carbocycles. The Morgan fingerprint density at radius 1 is 1.19 bits per heavy atom. The summed E-state index contributed by atoms with van der Waals surface area (Å²) in [5.74, 6) is 0.976. The van der Waals surface area contributed by atoms with Crippen molar-refractivity contribution in [2.24, 2.45) is 0 Å². The van der Waals surface area contributed by atoms with Crippen LogP contribution in [-0.4, -0.2) is 61.8 Å². The number of nitro benzene ring substituents is 1. The van der Waals surface area contributed by atoms with Gasteiger partial charge in [-0.1, -0.05) is 24.3 Å². The highest BCUT2D eigenvalue weighted by Crippen LogP contribution is 2.29. The predicted molar refractivity (Wildman–Crippen MR) is 124 cm³/mol. The molecule has 9 heteroatoms. The molecule has 1 aliphatic rings. The van der Waals surface area contributed by atoms with Crippen LogP contribution in [0, 0.1) is 10.1 Å². The summed E-state index contributed by atoms with van der Waals surface area (Å²) in [5, 5.41) is 14.1. The number of hydrogen-bond acceptors (Lipinski definition) is 7. The largest absolute Gasteiger partial charge is 0.490 e. The first kappa shape index (κ1) is 22.9. The van der Waals surface area contributed by atoms with E-state index in [1.165, 1.54) is 30.6 Å². The van der Waals surface area contributed by atoms with Crippen molar-refractivity contribution >= 4 is 29.0 Å². The Morgan fingerprint density at radius 3 is 2.65 bits per heavy atom. The molecule has 8 nitrogen and oxygen atoms in total. The fourth-order valence-corrected chi connectivity index (χ4v) is 4.30. The number of ether oxygens (including phenoxy) is 1. The summed E-state index contributed by atoms with van der Waals surface area (Å²) in [5.41, 5.74) is 3.00. The van der Waals surface area contributed by atoms with Crippen LogP contribution >= 0.6 is 11.8 Å². The van der Waals surface area contributed by atoms with Crippen LogP contribution in [0.3, 0.4) is 0 Å². The quantitative estimate of drug-likeness (QED) is 0.470. The van der Waals surface area contributed by atoms with E-state index in [2.05, 4.69) is 34.3 Å². The third kappa shape index (κ3) is 6.35. The van der Waals surface area contributed by atoms with Gasteiger partial charge < -0.3 is 19.9 Å². The molecule has 1 amide bonds. The van der Waals surface area contributed by atoms with Crippen LogP contribution in [0.15, 0.2) is 42.5 Å². The number of amides is 1. The van der Waals surface area contributed by atoms with E-state index in [-0.39, 0.29) is 23.1 Å². The zero-order chi connectivity index (χ0) is 22.2. The summed E-state index contributed by atoms with van der Waals surface area (Å²) in [6, 6.07) is 13.0. The number of piperazine rings is 1. The molecule has 2 aromatic carbocycles. The third-order valence-electron chi connectivity index (χ3n) is 5.25. The Kier molecular flexibility index (Phi) is 8.13. The van der Waals surface area contributed by atoms with E-state index in [0.717, 1.165) is 37.3 Å². The highest BCUT2D eigenvalue weighted by atomic mass is 32.2. The Labute approximate surface area is 186 Å². The first-order valence-electron chi connectivity index (χ1n) is 10.1. The van der Waals surface area contributed by atoms with Crippen LogP contribution in [0.4, 0.5) is 11.4 Å². The Hall–Kier alpha value is -2.78. The summed E-state index contributed by atoms with van der Waals surface area (Å²) in [6.07, 6.45) is 0. The summed E-state index contributed by atoms with van der Waals surface area (Å²) in [4.78, 5) is 27.7. The Balaban J connectivity index is 1.49. The number of carbonyl (C=O) groups excluding carboxylic acids is 1. The standard InChI is InChI=1S/C22H28N4O4S/c1-24-9-11-25(12-10-24)19-6-4-3-5-18(19)14-23-22(27)16-31-15-17-7-8-21(30-2)20(13-17)26(28)29/h3-8,13H,9-12,14-16H2,1-2H3,(H,23,27). The molecule has 1 heterocycles. The lowest BCUT2D eigenvalue weighted by atomic mass is 10.1. The molecule has 0 spiro atoms. The molecular weight excluding hydrogens is 416 g/mol. The van der Waals surface area contributed by atoms with E-state index >= 15 is 0 Å². The first-order valence-corrected chi connectivity index (χ1v) is 11.3. The normalized spacial score (nSPS) is 14.3. The van der Waals surface area contributed by atoms with Crippen molar-refractivity contribution in [3.63, 3.8) is 0 Å². The number of para-hydroxylation sites is 1. The molecule has 0 aromatic heterocycles. The van der Waals surface area contributed by atoms with E-state index in [1.807, 2.05) is 12.1 Å². The van der Waals surface area contributed by atoms with Gasteiger partial charge in [0, 0.05) is 50.2 Å².